The summed E-state index contributed by atoms with van der Waals surface area (Å²) in [6.45, 7) is 4.17. The van der Waals surface area contributed by atoms with Crippen molar-refractivity contribution in [1.29, 1.82) is 0 Å². The molecule has 0 aliphatic rings. The molecule has 0 radical (unpaired) electrons. The molecule has 516 valence electrons. The number of likely N-dealkylation sites (N-methyl/N-ethyl adjacent to an activating group) is 1. The Morgan fingerprint density at radius 3 is 0.977 bits per heavy atom. The summed E-state index contributed by atoms with van der Waals surface area (Å²) in [7, 11) is 1.17. The first-order chi connectivity index (χ1) is 43.0. The Morgan fingerprint density at radius 2 is 0.648 bits per heavy atom. The fourth-order valence-electron chi connectivity index (χ4n) is 11.2. The molecule has 0 fully saturated rings. The van der Waals surface area contributed by atoms with Gasteiger partial charge in [-0.2, -0.15) is 0 Å². The van der Waals surface area contributed by atoms with E-state index in [0.717, 1.165) is 70.6 Å². The van der Waals surface area contributed by atoms with Gasteiger partial charge in [0.15, 0.2) is 6.10 Å². The number of unbranched alkanes of at least 4 members (excludes halogenated alkanes) is 47. The topological polar surface area (TPSA) is 111 Å². The van der Waals surface area contributed by atoms with Crippen LogP contribution in [0.15, 0.2) is 60.8 Å². The van der Waals surface area contributed by atoms with Gasteiger partial charge < -0.3 is 27.9 Å². The van der Waals surface area contributed by atoms with Crippen molar-refractivity contribution in [2.75, 3.05) is 47.5 Å². The maximum atomic E-state index is 12.9. The largest absolute Gasteiger partial charge is 0.756 e. The average Bonchev–Trinajstić information content (AvgIpc) is 3.68. The normalized spacial score (nSPS) is 13.4. The number of allylic oxidation sites excluding steroid dienone is 10. The molecular formula is C78H146NO8P. The number of hydrogen-bond donors (Lipinski definition) is 0. The van der Waals surface area contributed by atoms with Crippen LogP contribution in [0.4, 0.5) is 0 Å². The van der Waals surface area contributed by atoms with Gasteiger partial charge in [-0.3, -0.25) is 14.2 Å². The van der Waals surface area contributed by atoms with Crippen LogP contribution >= 0.6 is 7.82 Å². The number of quaternary nitrogens is 1. The molecule has 2 atom stereocenters. The summed E-state index contributed by atoms with van der Waals surface area (Å²) in [5.41, 5.74) is 0. The van der Waals surface area contributed by atoms with E-state index in [1.165, 1.54) is 270 Å². The number of ether oxygens (including phenoxy) is 2. The highest BCUT2D eigenvalue weighted by Gasteiger charge is 2.22. The zero-order valence-electron chi connectivity index (χ0n) is 58.9. The van der Waals surface area contributed by atoms with E-state index in [9.17, 15) is 19.0 Å². The first-order valence-electron chi connectivity index (χ1n) is 38.0. The van der Waals surface area contributed by atoms with Crippen LogP contribution in [0, 0.1) is 0 Å². The van der Waals surface area contributed by atoms with Gasteiger partial charge in [-0.1, -0.05) is 344 Å². The van der Waals surface area contributed by atoms with E-state index in [2.05, 4.69) is 74.6 Å². The molecule has 9 nitrogen and oxygen atoms in total. The molecule has 0 aliphatic heterocycles. The minimum Gasteiger partial charge on any atom is -0.756 e. The number of esters is 2. The number of rotatable bonds is 71. The van der Waals surface area contributed by atoms with Crippen LogP contribution in [0.3, 0.4) is 0 Å². The number of carbonyl (C=O) groups excluding carboxylic acids is 2. The maximum absolute atomic E-state index is 12.9. The second-order valence-corrected chi connectivity index (χ2v) is 28.4. The smallest absolute Gasteiger partial charge is 0.306 e. The van der Waals surface area contributed by atoms with Gasteiger partial charge >= 0.3 is 11.9 Å². The van der Waals surface area contributed by atoms with Crippen molar-refractivity contribution >= 4 is 19.8 Å². The molecule has 0 bridgehead atoms. The molecule has 88 heavy (non-hydrogen) atoms. The van der Waals surface area contributed by atoms with Crippen LogP contribution < -0.4 is 4.89 Å². The predicted molar refractivity (Wildman–Crippen MR) is 379 cm³/mol. The summed E-state index contributed by atoms with van der Waals surface area (Å²) < 4.78 is 34.3. The Labute approximate surface area is 546 Å². The van der Waals surface area contributed by atoms with Crippen LogP contribution in [-0.2, 0) is 32.7 Å². The van der Waals surface area contributed by atoms with Crippen LogP contribution in [0.5, 0.6) is 0 Å². The van der Waals surface area contributed by atoms with Crippen molar-refractivity contribution in [3.63, 3.8) is 0 Å². The zero-order chi connectivity index (χ0) is 64.1. The zero-order valence-corrected chi connectivity index (χ0v) is 59.8. The van der Waals surface area contributed by atoms with Crippen molar-refractivity contribution < 1.29 is 42.1 Å². The molecular weight excluding hydrogens is 1110 g/mol. The van der Waals surface area contributed by atoms with Gasteiger partial charge in [-0.25, -0.2) is 0 Å². The van der Waals surface area contributed by atoms with Gasteiger partial charge in [0.05, 0.1) is 27.7 Å². The Balaban J connectivity index is 3.88. The number of phosphoric ester groups is 1. The molecule has 0 saturated heterocycles. The van der Waals surface area contributed by atoms with E-state index >= 15 is 0 Å². The monoisotopic (exact) mass is 1260 g/mol. The SMILES string of the molecule is CC/C=C\C/C=C\C/C=C\C/C=C\CCCCCCCCCCCCC(=O)OC(COC(=O)CCCCCCCCCCCCCCCCCCCCCCCCCCCCCCC/C=C\CCCCCCCCCC)COP(=O)([O-])OCC[N+](C)(C)C. The molecule has 0 saturated carbocycles. The molecule has 0 aromatic rings. The summed E-state index contributed by atoms with van der Waals surface area (Å²) in [6.07, 6.45) is 92.0. The quantitative estimate of drug-likeness (QED) is 0.0195. The molecule has 0 aromatic heterocycles. The molecule has 0 aromatic carbocycles. The molecule has 0 aliphatic carbocycles. The molecule has 0 amide bonds. The lowest BCUT2D eigenvalue weighted by Crippen LogP contribution is -2.37. The second-order valence-electron chi connectivity index (χ2n) is 27.0. The summed E-state index contributed by atoms with van der Waals surface area (Å²) in [5.74, 6) is -0.823. The lowest BCUT2D eigenvalue weighted by Gasteiger charge is -2.28. The summed E-state index contributed by atoms with van der Waals surface area (Å²) in [5, 5.41) is 0. The lowest BCUT2D eigenvalue weighted by molar-refractivity contribution is -0.870. The molecule has 0 rings (SSSR count). The van der Waals surface area contributed by atoms with E-state index in [1.807, 2.05) is 21.1 Å². The van der Waals surface area contributed by atoms with E-state index in [-0.39, 0.29) is 32.0 Å². The molecule has 0 spiro atoms. The minimum absolute atomic E-state index is 0.0315. The lowest BCUT2D eigenvalue weighted by atomic mass is 10.0. The third kappa shape index (κ3) is 72.8. The van der Waals surface area contributed by atoms with Crippen LogP contribution in [-0.4, -0.2) is 70.0 Å². The molecule has 0 N–H and O–H groups in total. The third-order valence-electron chi connectivity index (χ3n) is 17.0. The van der Waals surface area contributed by atoms with E-state index in [4.69, 9.17) is 18.5 Å². The Morgan fingerprint density at radius 1 is 0.364 bits per heavy atom. The van der Waals surface area contributed by atoms with E-state index in [1.54, 1.807) is 0 Å². The van der Waals surface area contributed by atoms with Crippen molar-refractivity contribution in [1.82, 2.24) is 0 Å². The predicted octanol–water partition coefficient (Wildman–Crippen LogP) is 24.3. The second kappa shape index (κ2) is 69.1. The summed E-state index contributed by atoms with van der Waals surface area (Å²) in [4.78, 5) is 38.1. The summed E-state index contributed by atoms with van der Waals surface area (Å²) >= 11 is 0. The first-order valence-corrected chi connectivity index (χ1v) is 39.5. The number of hydrogen-bond acceptors (Lipinski definition) is 8. The number of carbonyl (C=O) groups is 2. The van der Waals surface area contributed by atoms with Crippen molar-refractivity contribution in [2.24, 2.45) is 0 Å². The van der Waals surface area contributed by atoms with Crippen LogP contribution in [0.1, 0.15) is 373 Å². The van der Waals surface area contributed by atoms with E-state index < -0.39 is 26.5 Å². The number of phosphoric acid groups is 1. The fraction of sp³-hybridized carbons (Fsp3) is 0.846. The van der Waals surface area contributed by atoms with Gasteiger partial charge in [-0.15, -0.1) is 0 Å². The molecule has 10 heteroatoms. The molecule has 2 unspecified atom stereocenters. The van der Waals surface area contributed by atoms with Gasteiger partial charge in [0.2, 0.25) is 0 Å². The fourth-order valence-corrected chi connectivity index (χ4v) is 12.0. The average molecular weight is 1260 g/mol. The highest BCUT2D eigenvalue weighted by molar-refractivity contribution is 7.45. The minimum atomic E-state index is -4.64. The van der Waals surface area contributed by atoms with Crippen molar-refractivity contribution in [2.45, 2.75) is 380 Å². The Bertz CT molecular complexity index is 1670. The summed E-state index contributed by atoms with van der Waals surface area (Å²) in [6, 6.07) is 0. The van der Waals surface area contributed by atoms with Gasteiger partial charge in [-0.05, 0) is 77.0 Å². The van der Waals surface area contributed by atoms with Crippen molar-refractivity contribution in [3.05, 3.63) is 60.8 Å². The first kappa shape index (κ1) is 85.7. The maximum Gasteiger partial charge on any atom is 0.306 e. The molecule has 0 heterocycles. The van der Waals surface area contributed by atoms with Gasteiger partial charge in [0.25, 0.3) is 7.82 Å². The Kier molecular flexibility index (Phi) is 67.3. The number of nitrogens with zero attached hydrogens (tertiary/aromatic N) is 1. The van der Waals surface area contributed by atoms with Crippen LogP contribution in [0.25, 0.3) is 0 Å². The Hall–Kier alpha value is -2.29. The highest BCUT2D eigenvalue weighted by atomic mass is 31.2. The standard InChI is InChI=1S/C78H146NO8P/c1-6-8-10-12-14-16-18-20-22-24-26-28-30-31-32-33-34-35-36-37-38-39-40-41-42-43-44-45-46-47-49-50-52-54-56-58-60-62-64-66-68-70-77(80)84-74-76(75-86-88(82,83)85-73-72-79(3,4)5)87-78(81)71-69-67-65-63-61-59-57-55-53-51-48-29-27-25-23-21-19-17-15-13-11-9-7-2/h9,11,15,17,21,23-24,26-27,29,76H,6-8,10,12-14,16,18-20,22,25,28,30-75H2,1-5H3/b11-9-,17-15-,23-21-,26-24-,29-27-. The third-order valence-corrected chi connectivity index (χ3v) is 18.0. The van der Waals surface area contributed by atoms with Gasteiger partial charge in [0, 0.05) is 12.8 Å². The van der Waals surface area contributed by atoms with E-state index in [0.29, 0.717) is 17.4 Å². The highest BCUT2D eigenvalue weighted by Crippen LogP contribution is 2.38. The van der Waals surface area contributed by atoms with Crippen molar-refractivity contribution in [3.8, 4) is 0 Å². The van der Waals surface area contributed by atoms with Gasteiger partial charge in [0.1, 0.15) is 19.8 Å². The van der Waals surface area contributed by atoms with Crippen LogP contribution in [0.2, 0.25) is 0 Å².